The lowest BCUT2D eigenvalue weighted by molar-refractivity contribution is 0.942. The lowest BCUT2D eigenvalue weighted by Gasteiger charge is -1.99. The third kappa shape index (κ3) is 1.57. The fourth-order valence-electron chi connectivity index (χ4n) is 1.20. The van der Waals surface area contributed by atoms with E-state index in [1.807, 2.05) is 24.3 Å². The van der Waals surface area contributed by atoms with Gasteiger partial charge in [0.15, 0.2) is 0 Å². The minimum Gasteiger partial charge on any atom is -0.326 e. The normalized spacial score (nSPS) is 10.2. The fourth-order valence-corrected chi connectivity index (χ4v) is 1.20. The highest BCUT2D eigenvalue weighted by molar-refractivity contribution is 5.58. The van der Waals surface area contributed by atoms with E-state index in [4.69, 9.17) is 5.73 Å². The monoisotopic (exact) mass is 174 g/mol. The first-order valence-electron chi connectivity index (χ1n) is 4.05. The molecule has 0 amide bonds. The molecule has 0 saturated heterocycles. The first kappa shape index (κ1) is 7.94. The lowest BCUT2D eigenvalue weighted by atomic mass is 10.1. The molecule has 0 fully saturated rings. The highest BCUT2D eigenvalue weighted by Crippen LogP contribution is 2.16. The van der Waals surface area contributed by atoms with Gasteiger partial charge in [-0.05, 0) is 11.6 Å². The summed E-state index contributed by atoms with van der Waals surface area (Å²) in [4.78, 5) is 0. The van der Waals surface area contributed by atoms with Crippen LogP contribution in [-0.2, 0) is 6.54 Å². The van der Waals surface area contributed by atoms with E-state index in [0.29, 0.717) is 6.54 Å². The van der Waals surface area contributed by atoms with Crippen molar-refractivity contribution in [1.29, 1.82) is 0 Å². The van der Waals surface area contributed by atoms with Crippen molar-refractivity contribution in [2.75, 3.05) is 0 Å². The van der Waals surface area contributed by atoms with Crippen LogP contribution >= 0.6 is 0 Å². The van der Waals surface area contributed by atoms with Crippen molar-refractivity contribution in [2.45, 2.75) is 6.54 Å². The topological polar surface area (TPSA) is 67.6 Å². The molecule has 4 heteroatoms. The van der Waals surface area contributed by atoms with Crippen LogP contribution in [-0.4, -0.2) is 15.4 Å². The molecule has 0 unspecified atom stereocenters. The quantitative estimate of drug-likeness (QED) is 0.711. The van der Waals surface area contributed by atoms with Crippen molar-refractivity contribution in [3.05, 3.63) is 36.0 Å². The third-order valence-corrected chi connectivity index (χ3v) is 1.89. The van der Waals surface area contributed by atoms with E-state index in [1.54, 1.807) is 6.20 Å². The Hall–Kier alpha value is -1.68. The Bertz CT molecular complexity index is 380. The van der Waals surface area contributed by atoms with Crippen molar-refractivity contribution in [3.63, 3.8) is 0 Å². The minimum absolute atomic E-state index is 0.551. The van der Waals surface area contributed by atoms with Gasteiger partial charge in [0.05, 0.1) is 11.9 Å². The Morgan fingerprint density at radius 3 is 3.00 bits per heavy atom. The standard InChI is InChI=1S/C9H10N4/c10-5-7-2-1-3-8(4-7)9-6-11-13-12-9/h1-4,6H,5,10H2,(H,11,12,13). The third-order valence-electron chi connectivity index (χ3n) is 1.89. The molecule has 0 spiro atoms. The van der Waals surface area contributed by atoms with Crippen LogP contribution in [0.3, 0.4) is 0 Å². The van der Waals surface area contributed by atoms with E-state index in [0.717, 1.165) is 16.8 Å². The zero-order chi connectivity index (χ0) is 9.10. The number of hydrogen-bond donors (Lipinski definition) is 2. The van der Waals surface area contributed by atoms with E-state index in [-0.39, 0.29) is 0 Å². The van der Waals surface area contributed by atoms with Crippen LogP contribution in [0.2, 0.25) is 0 Å². The van der Waals surface area contributed by atoms with Gasteiger partial charge in [0.1, 0.15) is 0 Å². The maximum atomic E-state index is 5.53. The van der Waals surface area contributed by atoms with Gasteiger partial charge in [-0.15, -0.1) is 5.10 Å². The number of rotatable bonds is 2. The van der Waals surface area contributed by atoms with E-state index >= 15 is 0 Å². The molecule has 0 atom stereocenters. The van der Waals surface area contributed by atoms with Crippen LogP contribution in [0.4, 0.5) is 0 Å². The van der Waals surface area contributed by atoms with Crippen molar-refractivity contribution in [1.82, 2.24) is 15.4 Å². The summed E-state index contributed by atoms with van der Waals surface area (Å²) in [6.45, 7) is 0.551. The second-order valence-corrected chi connectivity index (χ2v) is 2.77. The largest absolute Gasteiger partial charge is 0.326 e. The molecule has 1 aromatic carbocycles. The summed E-state index contributed by atoms with van der Waals surface area (Å²) in [5, 5.41) is 10.2. The minimum atomic E-state index is 0.551. The molecule has 2 aromatic rings. The van der Waals surface area contributed by atoms with Crippen molar-refractivity contribution >= 4 is 0 Å². The van der Waals surface area contributed by atoms with Gasteiger partial charge in [0, 0.05) is 12.1 Å². The van der Waals surface area contributed by atoms with Gasteiger partial charge in [-0.1, -0.05) is 23.4 Å². The molecule has 0 bridgehead atoms. The van der Waals surface area contributed by atoms with Crippen LogP contribution in [0.25, 0.3) is 11.3 Å². The van der Waals surface area contributed by atoms with Gasteiger partial charge in [0.2, 0.25) is 0 Å². The van der Waals surface area contributed by atoms with Gasteiger partial charge < -0.3 is 5.73 Å². The van der Waals surface area contributed by atoms with E-state index in [1.165, 1.54) is 0 Å². The van der Waals surface area contributed by atoms with Gasteiger partial charge in [-0.3, -0.25) is 5.10 Å². The number of aromatic amines is 1. The molecule has 4 nitrogen and oxygen atoms in total. The summed E-state index contributed by atoms with van der Waals surface area (Å²) in [6, 6.07) is 7.98. The number of nitrogens with two attached hydrogens (primary N) is 1. The second kappa shape index (κ2) is 3.37. The Labute approximate surface area is 75.8 Å². The average molecular weight is 174 g/mol. The van der Waals surface area contributed by atoms with Gasteiger partial charge >= 0.3 is 0 Å². The maximum Gasteiger partial charge on any atom is 0.0853 e. The summed E-state index contributed by atoms with van der Waals surface area (Å²) < 4.78 is 0. The molecule has 0 aliphatic rings. The summed E-state index contributed by atoms with van der Waals surface area (Å²) in [5.74, 6) is 0. The van der Waals surface area contributed by atoms with E-state index in [9.17, 15) is 0 Å². The maximum absolute atomic E-state index is 5.53. The Morgan fingerprint density at radius 2 is 2.31 bits per heavy atom. The molecule has 3 N–H and O–H groups in total. The van der Waals surface area contributed by atoms with Crippen LogP contribution in [0, 0.1) is 0 Å². The lowest BCUT2D eigenvalue weighted by Crippen LogP contribution is -1.95. The van der Waals surface area contributed by atoms with Crippen LogP contribution in [0.5, 0.6) is 0 Å². The smallest absolute Gasteiger partial charge is 0.0853 e. The molecule has 0 aliphatic heterocycles. The van der Waals surface area contributed by atoms with E-state index < -0.39 is 0 Å². The summed E-state index contributed by atoms with van der Waals surface area (Å²) >= 11 is 0. The molecule has 1 heterocycles. The second-order valence-electron chi connectivity index (χ2n) is 2.77. The number of aromatic nitrogens is 3. The van der Waals surface area contributed by atoms with Gasteiger partial charge in [-0.25, -0.2) is 0 Å². The van der Waals surface area contributed by atoms with Crippen LogP contribution in [0.15, 0.2) is 30.5 Å². The SMILES string of the molecule is NCc1cccc(-c2cnn[nH]2)c1. The number of benzene rings is 1. The molecular formula is C9H10N4. The Balaban J connectivity index is 2.41. The zero-order valence-electron chi connectivity index (χ0n) is 7.07. The highest BCUT2D eigenvalue weighted by Gasteiger charge is 1.99. The van der Waals surface area contributed by atoms with Gasteiger partial charge in [-0.2, -0.15) is 0 Å². The molecule has 13 heavy (non-hydrogen) atoms. The van der Waals surface area contributed by atoms with Crippen LogP contribution in [0.1, 0.15) is 5.56 Å². The van der Waals surface area contributed by atoms with Crippen molar-refractivity contribution in [2.24, 2.45) is 5.73 Å². The molecule has 0 saturated carbocycles. The van der Waals surface area contributed by atoms with Crippen LogP contribution < -0.4 is 5.73 Å². The van der Waals surface area contributed by atoms with Gasteiger partial charge in [0.25, 0.3) is 0 Å². The van der Waals surface area contributed by atoms with E-state index in [2.05, 4.69) is 15.4 Å². The summed E-state index contributed by atoms with van der Waals surface area (Å²) in [7, 11) is 0. The Kier molecular flexibility index (Phi) is 2.06. The first-order chi connectivity index (χ1) is 6.40. The molecule has 66 valence electrons. The van der Waals surface area contributed by atoms with Crippen molar-refractivity contribution in [3.8, 4) is 11.3 Å². The number of H-pyrrole nitrogens is 1. The molecular weight excluding hydrogens is 164 g/mol. The van der Waals surface area contributed by atoms with Crippen molar-refractivity contribution < 1.29 is 0 Å². The molecule has 1 aromatic heterocycles. The zero-order valence-corrected chi connectivity index (χ0v) is 7.07. The Morgan fingerprint density at radius 1 is 1.38 bits per heavy atom. The molecule has 0 radical (unpaired) electrons. The predicted molar refractivity (Wildman–Crippen MR) is 49.7 cm³/mol. The average Bonchev–Trinajstić information content (AvgIpc) is 2.71. The number of nitrogens with one attached hydrogen (secondary N) is 1. The predicted octanol–water partition coefficient (Wildman–Crippen LogP) is 0.930. The number of nitrogens with zero attached hydrogens (tertiary/aromatic N) is 2. The highest BCUT2D eigenvalue weighted by atomic mass is 15.3. The molecule has 2 rings (SSSR count). The summed E-state index contributed by atoms with van der Waals surface area (Å²) in [6.07, 6.45) is 1.69. The molecule has 0 aliphatic carbocycles. The number of hydrogen-bond acceptors (Lipinski definition) is 3. The first-order valence-corrected chi connectivity index (χ1v) is 4.05. The summed E-state index contributed by atoms with van der Waals surface area (Å²) in [5.41, 5.74) is 8.61. The fraction of sp³-hybridized carbons (Fsp3) is 0.111.